The highest BCUT2D eigenvalue weighted by atomic mass is 35.5. The number of rotatable bonds is 2. The lowest BCUT2D eigenvalue weighted by atomic mass is 9.89. The average Bonchev–Trinajstić information content (AvgIpc) is 2.25. The summed E-state index contributed by atoms with van der Waals surface area (Å²) in [5.74, 6) is 0.622. The lowest BCUT2D eigenvalue weighted by Crippen LogP contribution is -2.28. The van der Waals surface area contributed by atoms with Gasteiger partial charge in [-0.05, 0) is 68.5 Å². The van der Waals surface area contributed by atoms with Crippen molar-refractivity contribution < 1.29 is 4.39 Å². The van der Waals surface area contributed by atoms with Crippen LogP contribution in [0.3, 0.4) is 0 Å². The van der Waals surface area contributed by atoms with Crippen LogP contribution in [0.2, 0.25) is 0 Å². The number of aryl methyl sites for hydroxylation is 1. The van der Waals surface area contributed by atoms with Gasteiger partial charge in [-0.1, -0.05) is 6.07 Å². The Labute approximate surface area is 103 Å². The van der Waals surface area contributed by atoms with E-state index >= 15 is 0 Å². The number of hydrogen-bond acceptors (Lipinski definition) is 1. The molecule has 1 aliphatic rings. The molecular formula is C13H19ClFN. The Hall–Kier alpha value is -0.600. The van der Waals surface area contributed by atoms with E-state index in [1.54, 1.807) is 12.1 Å². The zero-order chi connectivity index (χ0) is 10.7. The summed E-state index contributed by atoms with van der Waals surface area (Å²) in [5.41, 5.74) is 2.40. The van der Waals surface area contributed by atoms with Gasteiger partial charge in [0.05, 0.1) is 0 Å². The van der Waals surface area contributed by atoms with Crippen LogP contribution in [-0.4, -0.2) is 13.1 Å². The van der Waals surface area contributed by atoms with Crippen LogP contribution in [0.25, 0.3) is 0 Å². The predicted octanol–water partition coefficient (Wildman–Crippen LogP) is 3.10. The maximum atomic E-state index is 13.1. The fourth-order valence-electron chi connectivity index (χ4n) is 2.26. The van der Waals surface area contributed by atoms with Crippen molar-refractivity contribution in [1.82, 2.24) is 5.32 Å². The van der Waals surface area contributed by atoms with Crippen molar-refractivity contribution in [2.75, 3.05) is 13.1 Å². The first kappa shape index (κ1) is 13.5. The van der Waals surface area contributed by atoms with Crippen molar-refractivity contribution in [2.24, 2.45) is 5.92 Å². The molecule has 1 heterocycles. The highest BCUT2D eigenvalue weighted by molar-refractivity contribution is 5.85. The third-order valence-electron chi connectivity index (χ3n) is 3.28. The summed E-state index contributed by atoms with van der Waals surface area (Å²) in [7, 11) is 0. The molecule has 3 heteroatoms. The van der Waals surface area contributed by atoms with Gasteiger partial charge >= 0.3 is 0 Å². The van der Waals surface area contributed by atoms with E-state index in [0.717, 1.165) is 25.4 Å². The zero-order valence-electron chi connectivity index (χ0n) is 9.63. The second-order valence-electron chi connectivity index (χ2n) is 4.47. The van der Waals surface area contributed by atoms with E-state index in [4.69, 9.17) is 0 Å². The molecule has 1 nitrogen and oxygen atoms in total. The number of nitrogens with one attached hydrogen (secondary N) is 1. The van der Waals surface area contributed by atoms with Gasteiger partial charge in [0.15, 0.2) is 0 Å². The third-order valence-corrected chi connectivity index (χ3v) is 3.28. The molecule has 90 valence electrons. The van der Waals surface area contributed by atoms with Crippen LogP contribution in [-0.2, 0) is 6.42 Å². The molecule has 0 aromatic heterocycles. The van der Waals surface area contributed by atoms with Gasteiger partial charge in [0.25, 0.3) is 0 Å². The molecule has 1 N–H and O–H groups in total. The molecule has 16 heavy (non-hydrogen) atoms. The maximum absolute atomic E-state index is 13.1. The Morgan fingerprint density at radius 3 is 2.69 bits per heavy atom. The van der Waals surface area contributed by atoms with Crippen molar-refractivity contribution in [2.45, 2.75) is 26.2 Å². The lowest BCUT2D eigenvalue weighted by molar-refractivity contribution is 0.372. The largest absolute Gasteiger partial charge is 0.317 e. The summed E-state index contributed by atoms with van der Waals surface area (Å²) in [5, 5.41) is 3.35. The number of piperidine rings is 1. The van der Waals surface area contributed by atoms with Crippen molar-refractivity contribution >= 4 is 12.4 Å². The Morgan fingerprint density at radius 2 is 2.00 bits per heavy atom. The van der Waals surface area contributed by atoms with Crippen LogP contribution in [0.1, 0.15) is 24.0 Å². The molecule has 2 rings (SSSR count). The minimum Gasteiger partial charge on any atom is -0.317 e. The van der Waals surface area contributed by atoms with E-state index in [-0.39, 0.29) is 18.2 Å². The summed E-state index contributed by atoms with van der Waals surface area (Å²) in [6.07, 6.45) is 3.47. The molecule has 1 aliphatic heterocycles. The van der Waals surface area contributed by atoms with E-state index in [9.17, 15) is 4.39 Å². The SMILES string of the molecule is Cc1ccc(F)cc1CC1CCNCC1.Cl. The minimum atomic E-state index is -0.107. The van der Waals surface area contributed by atoms with E-state index in [2.05, 4.69) is 12.2 Å². The van der Waals surface area contributed by atoms with Crippen molar-refractivity contribution in [3.8, 4) is 0 Å². The average molecular weight is 244 g/mol. The summed E-state index contributed by atoms with van der Waals surface area (Å²) >= 11 is 0. The zero-order valence-corrected chi connectivity index (χ0v) is 10.4. The van der Waals surface area contributed by atoms with Crippen molar-refractivity contribution in [3.63, 3.8) is 0 Å². The maximum Gasteiger partial charge on any atom is 0.123 e. The van der Waals surface area contributed by atoms with Gasteiger partial charge in [0.2, 0.25) is 0 Å². The highest BCUT2D eigenvalue weighted by Crippen LogP contribution is 2.20. The molecule has 0 bridgehead atoms. The lowest BCUT2D eigenvalue weighted by Gasteiger charge is -2.23. The fraction of sp³-hybridized carbons (Fsp3) is 0.538. The Balaban J connectivity index is 0.00000128. The molecule has 0 amide bonds. The Bertz CT molecular complexity index is 335. The predicted molar refractivity (Wildman–Crippen MR) is 67.7 cm³/mol. The Morgan fingerprint density at radius 1 is 1.31 bits per heavy atom. The minimum absolute atomic E-state index is 0. The van der Waals surface area contributed by atoms with Gasteiger partial charge in [-0.15, -0.1) is 12.4 Å². The van der Waals surface area contributed by atoms with E-state index in [0.29, 0.717) is 0 Å². The molecule has 0 spiro atoms. The molecule has 0 saturated carbocycles. The first-order valence-corrected chi connectivity index (χ1v) is 5.71. The van der Waals surface area contributed by atoms with Crippen LogP contribution in [0, 0.1) is 18.7 Å². The summed E-state index contributed by atoms with van der Waals surface area (Å²) in [6.45, 7) is 4.29. The van der Waals surface area contributed by atoms with Crippen LogP contribution in [0.4, 0.5) is 4.39 Å². The topological polar surface area (TPSA) is 12.0 Å². The summed E-state index contributed by atoms with van der Waals surface area (Å²) in [6, 6.07) is 5.12. The number of benzene rings is 1. The van der Waals surface area contributed by atoms with Crippen LogP contribution < -0.4 is 5.32 Å². The molecule has 1 aromatic rings. The molecular weight excluding hydrogens is 225 g/mol. The summed E-state index contributed by atoms with van der Waals surface area (Å²) < 4.78 is 13.1. The number of hydrogen-bond donors (Lipinski definition) is 1. The molecule has 0 aliphatic carbocycles. The molecule has 0 unspecified atom stereocenters. The monoisotopic (exact) mass is 243 g/mol. The van der Waals surface area contributed by atoms with Gasteiger partial charge in [-0.3, -0.25) is 0 Å². The second kappa shape index (κ2) is 6.21. The standard InChI is InChI=1S/C13H18FN.ClH/c1-10-2-3-13(14)9-12(10)8-11-4-6-15-7-5-11;/h2-3,9,11,15H,4-8H2,1H3;1H. The van der Waals surface area contributed by atoms with Crippen LogP contribution in [0.15, 0.2) is 18.2 Å². The van der Waals surface area contributed by atoms with Gasteiger partial charge in [0.1, 0.15) is 5.82 Å². The van der Waals surface area contributed by atoms with Gasteiger partial charge < -0.3 is 5.32 Å². The second-order valence-corrected chi connectivity index (χ2v) is 4.47. The normalized spacial score (nSPS) is 16.9. The van der Waals surface area contributed by atoms with Gasteiger partial charge in [0, 0.05) is 0 Å². The first-order chi connectivity index (χ1) is 7.25. The highest BCUT2D eigenvalue weighted by Gasteiger charge is 2.14. The van der Waals surface area contributed by atoms with E-state index < -0.39 is 0 Å². The fourth-order valence-corrected chi connectivity index (χ4v) is 2.26. The molecule has 1 aromatic carbocycles. The molecule has 0 atom stereocenters. The Kier molecular flexibility index (Phi) is 5.23. The van der Waals surface area contributed by atoms with Crippen LogP contribution in [0.5, 0.6) is 0 Å². The van der Waals surface area contributed by atoms with E-state index in [1.807, 2.05) is 6.07 Å². The van der Waals surface area contributed by atoms with Gasteiger partial charge in [-0.25, -0.2) is 4.39 Å². The molecule has 1 saturated heterocycles. The van der Waals surface area contributed by atoms with Gasteiger partial charge in [-0.2, -0.15) is 0 Å². The smallest absolute Gasteiger partial charge is 0.123 e. The first-order valence-electron chi connectivity index (χ1n) is 5.71. The molecule has 0 radical (unpaired) electrons. The third kappa shape index (κ3) is 3.46. The summed E-state index contributed by atoms with van der Waals surface area (Å²) in [4.78, 5) is 0. The van der Waals surface area contributed by atoms with Crippen LogP contribution >= 0.6 is 12.4 Å². The van der Waals surface area contributed by atoms with Crippen molar-refractivity contribution in [3.05, 3.63) is 35.1 Å². The quantitative estimate of drug-likeness (QED) is 0.842. The van der Waals surface area contributed by atoms with E-state index in [1.165, 1.54) is 24.0 Å². The van der Waals surface area contributed by atoms with Crippen molar-refractivity contribution in [1.29, 1.82) is 0 Å². The molecule has 1 fully saturated rings. The number of halogens is 2.